The molecule has 0 heterocycles. The molecule has 19 heavy (non-hydrogen) atoms. The standard InChI is InChI=1S/C13H18N2O4/c1-18-11-6-4-3-5-10(11)15-12(16)9-14-8-7-13(17)19-2/h3-6,14H,7-9H2,1-2H3,(H,15,16). The fourth-order valence-electron chi connectivity index (χ4n) is 1.44. The fourth-order valence-corrected chi connectivity index (χ4v) is 1.44. The Morgan fingerprint density at radius 3 is 2.63 bits per heavy atom. The molecule has 0 atom stereocenters. The van der Waals surface area contributed by atoms with Gasteiger partial charge < -0.3 is 20.1 Å². The molecule has 0 fully saturated rings. The monoisotopic (exact) mass is 266 g/mol. The first kappa shape index (κ1) is 15.0. The quantitative estimate of drug-likeness (QED) is 0.563. The number of methoxy groups -OCH3 is 2. The highest BCUT2D eigenvalue weighted by Crippen LogP contribution is 2.22. The second kappa shape index (κ2) is 8.10. The molecule has 1 rings (SSSR count). The summed E-state index contributed by atoms with van der Waals surface area (Å²) in [6.45, 7) is 0.515. The maximum Gasteiger partial charge on any atom is 0.306 e. The molecule has 0 saturated heterocycles. The van der Waals surface area contributed by atoms with Crippen molar-refractivity contribution in [2.75, 3.05) is 32.6 Å². The van der Waals surface area contributed by atoms with Crippen LogP contribution in [-0.4, -0.2) is 39.2 Å². The van der Waals surface area contributed by atoms with Crippen LogP contribution in [0.25, 0.3) is 0 Å². The molecule has 0 spiro atoms. The zero-order valence-corrected chi connectivity index (χ0v) is 11.1. The van der Waals surface area contributed by atoms with Crippen LogP contribution in [0, 0.1) is 0 Å². The first-order valence-electron chi connectivity index (χ1n) is 5.87. The van der Waals surface area contributed by atoms with Gasteiger partial charge in [-0.3, -0.25) is 9.59 Å². The number of carbonyl (C=O) groups is 2. The van der Waals surface area contributed by atoms with Crippen molar-refractivity contribution in [1.82, 2.24) is 5.32 Å². The average molecular weight is 266 g/mol. The highest BCUT2D eigenvalue weighted by Gasteiger charge is 2.06. The van der Waals surface area contributed by atoms with Crippen LogP contribution < -0.4 is 15.4 Å². The molecule has 0 saturated carbocycles. The van der Waals surface area contributed by atoms with Crippen LogP contribution in [0.15, 0.2) is 24.3 Å². The van der Waals surface area contributed by atoms with Crippen LogP contribution in [0.4, 0.5) is 5.69 Å². The minimum absolute atomic E-state index is 0.120. The predicted molar refractivity (Wildman–Crippen MR) is 71.1 cm³/mol. The van der Waals surface area contributed by atoms with Crippen molar-refractivity contribution in [3.8, 4) is 5.75 Å². The van der Waals surface area contributed by atoms with Gasteiger partial charge in [-0.25, -0.2) is 0 Å². The number of para-hydroxylation sites is 2. The van der Waals surface area contributed by atoms with Gasteiger partial charge in [0, 0.05) is 6.54 Å². The minimum Gasteiger partial charge on any atom is -0.495 e. The molecule has 1 aromatic rings. The lowest BCUT2D eigenvalue weighted by molar-refractivity contribution is -0.140. The number of hydrogen-bond donors (Lipinski definition) is 2. The number of anilines is 1. The summed E-state index contributed by atoms with van der Waals surface area (Å²) >= 11 is 0. The lowest BCUT2D eigenvalue weighted by atomic mass is 10.3. The Morgan fingerprint density at radius 1 is 1.21 bits per heavy atom. The summed E-state index contributed by atoms with van der Waals surface area (Å²) in [5.41, 5.74) is 0.616. The van der Waals surface area contributed by atoms with Gasteiger partial charge in [0.2, 0.25) is 5.91 Å². The number of rotatable bonds is 7. The Labute approximate surface area is 112 Å². The molecule has 0 aliphatic carbocycles. The van der Waals surface area contributed by atoms with Gasteiger partial charge in [0.1, 0.15) is 5.75 Å². The van der Waals surface area contributed by atoms with Crippen LogP contribution in [0.1, 0.15) is 6.42 Å². The van der Waals surface area contributed by atoms with E-state index < -0.39 is 0 Å². The van der Waals surface area contributed by atoms with Gasteiger partial charge in [-0.1, -0.05) is 12.1 Å². The lowest BCUT2D eigenvalue weighted by Gasteiger charge is -2.10. The van der Waals surface area contributed by atoms with Crippen molar-refractivity contribution in [3.05, 3.63) is 24.3 Å². The average Bonchev–Trinajstić information content (AvgIpc) is 2.43. The van der Waals surface area contributed by atoms with E-state index in [4.69, 9.17) is 4.74 Å². The summed E-state index contributed by atoms with van der Waals surface area (Å²) in [6, 6.07) is 7.15. The Morgan fingerprint density at radius 2 is 1.95 bits per heavy atom. The Balaban J connectivity index is 2.33. The molecule has 6 heteroatoms. The summed E-state index contributed by atoms with van der Waals surface area (Å²) in [7, 11) is 2.87. The Hall–Kier alpha value is -2.08. The van der Waals surface area contributed by atoms with Gasteiger partial charge >= 0.3 is 5.97 Å². The van der Waals surface area contributed by atoms with Crippen LogP contribution in [0.3, 0.4) is 0 Å². The summed E-state index contributed by atoms with van der Waals surface area (Å²) in [4.78, 5) is 22.5. The van der Waals surface area contributed by atoms with Crippen molar-refractivity contribution in [1.29, 1.82) is 0 Å². The molecule has 104 valence electrons. The molecule has 0 aliphatic rings. The molecule has 0 bridgehead atoms. The number of amides is 1. The first-order chi connectivity index (χ1) is 9.17. The smallest absolute Gasteiger partial charge is 0.306 e. The molecule has 0 aliphatic heterocycles. The first-order valence-corrected chi connectivity index (χ1v) is 5.87. The van der Waals surface area contributed by atoms with Gasteiger partial charge in [-0.2, -0.15) is 0 Å². The van der Waals surface area contributed by atoms with E-state index in [-0.39, 0.29) is 24.8 Å². The van der Waals surface area contributed by atoms with E-state index in [0.717, 1.165) is 0 Å². The molecule has 1 aromatic carbocycles. The zero-order valence-electron chi connectivity index (χ0n) is 11.1. The van der Waals surface area contributed by atoms with Crippen LogP contribution in [0.5, 0.6) is 5.75 Å². The van der Waals surface area contributed by atoms with E-state index in [1.54, 1.807) is 19.2 Å². The van der Waals surface area contributed by atoms with E-state index in [1.807, 2.05) is 12.1 Å². The van der Waals surface area contributed by atoms with Crippen molar-refractivity contribution >= 4 is 17.6 Å². The van der Waals surface area contributed by atoms with Gasteiger partial charge in [0.15, 0.2) is 0 Å². The minimum atomic E-state index is -0.308. The number of ether oxygens (including phenoxy) is 2. The van der Waals surface area contributed by atoms with E-state index in [1.165, 1.54) is 7.11 Å². The number of esters is 1. The molecule has 2 N–H and O–H groups in total. The molecule has 0 unspecified atom stereocenters. The van der Waals surface area contributed by atoms with Gasteiger partial charge in [-0.05, 0) is 12.1 Å². The van der Waals surface area contributed by atoms with Crippen molar-refractivity contribution < 1.29 is 19.1 Å². The van der Waals surface area contributed by atoms with E-state index in [0.29, 0.717) is 18.0 Å². The van der Waals surface area contributed by atoms with Gasteiger partial charge in [0.25, 0.3) is 0 Å². The third kappa shape index (κ3) is 5.39. The largest absolute Gasteiger partial charge is 0.495 e. The normalized spacial score (nSPS) is 9.79. The van der Waals surface area contributed by atoms with E-state index in [9.17, 15) is 9.59 Å². The maximum atomic E-state index is 11.6. The second-order valence-electron chi connectivity index (χ2n) is 3.75. The fraction of sp³-hybridized carbons (Fsp3) is 0.385. The zero-order chi connectivity index (χ0) is 14.1. The van der Waals surface area contributed by atoms with Gasteiger partial charge in [0.05, 0.1) is 32.9 Å². The maximum absolute atomic E-state index is 11.6. The van der Waals surface area contributed by atoms with Crippen molar-refractivity contribution in [2.24, 2.45) is 0 Å². The molecular formula is C13H18N2O4. The summed E-state index contributed by atoms with van der Waals surface area (Å²) < 4.78 is 9.61. The Kier molecular flexibility index (Phi) is 6.38. The SMILES string of the molecule is COC(=O)CCNCC(=O)Nc1ccccc1OC. The summed E-state index contributed by atoms with van der Waals surface area (Å²) in [5.74, 6) is 0.0948. The third-order valence-electron chi connectivity index (χ3n) is 2.40. The molecule has 0 aromatic heterocycles. The number of nitrogens with one attached hydrogen (secondary N) is 2. The molecular weight excluding hydrogens is 248 g/mol. The van der Waals surface area contributed by atoms with Crippen LogP contribution in [-0.2, 0) is 14.3 Å². The van der Waals surface area contributed by atoms with Crippen LogP contribution in [0.2, 0.25) is 0 Å². The lowest BCUT2D eigenvalue weighted by Crippen LogP contribution is -2.29. The second-order valence-corrected chi connectivity index (χ2v) is 3.75. The van der Waals surface area contributed by atoms with E-state index >= 15 is 0 Å². The van der Waals surface area contributed by atoms with Crippen LogP contribution >= 0.6 is 0 Å². The molecule has 1 amide bonds. The topological polar surface area (TPSA) is 76.7 Å². The number of benzene rings is 1. The highest BCUT2D eigenvalue weighted by atomic mass is 16.5. The highest BCUT2D eigenvalue weighted by molar-refractivity contribution is 5.93. The summed E-state index contributed by atoms with van der Waals surface area (Å²) in [6.07, 6.45) is 0.235. The molecule has 6 nitrogen and oxygen atoms in total. The number of carbonyl (C=O) groups excluding carboxylic acids is 2. The molecule has 0 radical (unpaired) electrons. The third-order valence-corrected chi connectivity index (χ3v) is 2.40. The van der Waals surface area contributed by atoms with E-state index in [2.05, 4.69) is 15.4 Å². The predicted octanol–water partition coefficient (Wildman–Crippen LogP) is 0.786. The van der Waals surface area contributed by atoms with Crippen molar-refractivity contribution in [2.45, 2.75) is 6.42 Å². The number of hydrogen-bond acceptors (Lipinski definition) is 5. The van der Waals surface area contributed by atoms with Gasteiger partial charge in [-0.15, -0.1) is 0 Å². The van der Waals surface area contributed by atoms with Crippen molar-refractivity contribution in [3.63, 3.8) is 0 Å². The Bertz CT molecular complexity index is 434. The summed E-state index contributed by atoms with van der Waals surface area (Å²) in [5, 5.41) is 5.58.